The van der Waals surface area contributed by atoms with E-state index in [9.17, 15) is 13.2 Å². The quantitative estimate of drug-likeness (QED) is 0.874. The molecule has 4 nitrogen and oxygen atoms in total. The van der Waals surface area contributed by atoms with Crippen LogP contribution in [0.5, 0.6) is 5.75 Å². The number of benzene rings is 1. The van der Waals surface area contributed by atoms with Crippen molar-refractivity contribution in [2.24, 2.45) is 5.73 Å². The molecule has 0 radical (unpaired) electrons. The van der Waals surface area contributed by atoms with Gasteiger partial charge in [0.15, 0.2) is 0 Å². The monoisotopic (exact) mass is 337 g/mol. The Labute approximate surface area is 131 Å². The maximum atomic E-state index is 12.2. The molecular weight excluding hydrogens is 323 g/mol. The molecule has 0 saturated heterocycles. The predicted octanol–water partition coefficient (Wildman–Crippen LogP) is 3.65. The van der Waals surface area contributed by atoms with Crippen molar-refractivity contribution in [3.63, 3.8) is 0 Å². The smallest absolute Gasteiger partial charge is 0.459 e. The summed E-state index contributed by atoms with van der Waals surface area (Å²) in [4.78, 5) is 0. The lowest BCUT2D eigenvalue weighted by molar-refractivity contribution is -0.274. The standard InChI is InChI=1S/C14H14F3NO3.ClH/c15-14(16,17)21-10-3-1-2-9(8-10)12-4-5-13(20-12)11(18)6-7-19;/h1-5,8,11,19H,6-7,18H2;1H. The molecule has 0 aliphatic heterocycles. The van der Waals surface area contributed by atoms with E-state index >= 15 is 0 Å². The summed E-state index contributed by atoms with van der Waals surface area (Å²) in [5.74, 6) is 0.518. The number of aliphatic hydroxyl groups excluding tert-OH is 1. The van der Waals surface area contributed by atoms with E-state index in [0.717, 1.165) is 0 Å². The second-order valence-electron chi connectivity index (χ2n) is 4.40. The van der Waals surface area contributed by atoms with Crippen LogP contribution in [-0.4, -0.2) is 18.1 Å². The molecule has 1 heterocycles. The van der Waals surface area contributed by atoms with Crippen molar-refractivity contribution in [2.75, 3.05) is 6.61 Å². The van der Waals surface area contributed by atoms with Gasteiger partial charge in [-0.25, -0.2) is 0 Å². The molecular formula is C14H15ClF3NO3. The van der Waals surface area contributed by atoms with E-state index in [1.165, 1.54) is 18.2 Å². The second kappa shape index (κ2) is 7.53. The zero-order chi connectivity index (χ0) is 15.5. The zero-order valence-corrected chi connectivity index (χ0v) is 12.2. The molecule has 0 amide bonds. The molecule has 2 rings (SSSR count). The van der Waals surface area contributed by atoms with E-state index in [-0.39, 0.29) is 24.8 Å². The van der Waals surface area contributed by atoms with Crippen LogP contribution in [0.15, 0.2) is 40.8 Å². The van der Waals surface area contributed by atoms with Gasteiger partial charge in [-0.15, -0.1) is 25.6 Å². The molecule has 1 aromatic carbocycles. The molecule has 3 N–H and O–H groups in total. The molecule has 0 aliphatic carbocycles. The fourth-order valence-electron chi connectivity index (χ4n) is 1.84. The number of alkyl halides is 3. The van der Waals surface area contributed by atoms with Crippen LogP contribution in [0.1, 0.15) is 18.2 Å². The zero-order valence-electron chi connectivity index (χ0n) is 11.3. The Morgan fingerprint density at radius 3 is 2.59 bits per heavy atom. The van der Waals surface area contributed by atoms with Crippen molar-refractivity contribution in [1.29, 1.82) is 0 Å². The van der Waals surface area contributed by atoms with Crippen LogP contribution >= 0.6 is 12.4 Å². The van der Waals surface area contributed by atoms with E-state index in [1.807, 2.05) is 0 Å². The van der Waals surface area contributed by atoms with Crippen LogP contribution in [0.3, 0.4) is 0 Å². The molecule has 1 unspecified atom stereocenters. The topological polar surface area (TPSA) is 68.6 Å². The minimum Gasteiger partial charge on any atom is -0.459 e. The number of furan rings is 1. The minimum atomic E-state index is -4.74. The molecule has 122 valence electrons. The van der Waals surface area contributed by atoms with Gasteiger partial charge in [-0.1, -0.05) is 12.1 Å². The average Bonchev–Trinajstić information content (AvgIpc) is 2.87. The maximum absolute atomic E-state index is 12.2. The van der Waals surface area contributed by atoms with Crippen LogP contribution in [0.2, 0.25) is 0 Å². The third-order valence-electron chi connectivity index (χ3n) is 2.78. The van der Waals surface area contributed by atoms with Gasteiger partial charge in [0.25, 0.3) is 0 Å². The molecule has 0 bridgehead atoms. The fourth-order valence-corrected chi connectivity index (χ4v) is 1.84. The third-order valence-corrected chi connectivity index (χ3v) is 2.78. The molecule has 1 atom stereocenters. The van der Waals surface area contributed by atoms with Crippen LogP contribution < -0.4 is 10.5 Å². The van der Waals surface area contributed by atoms with E-state index in [4.69, 9.17) is 15.3 Å². The Balaban J connectivity index is 0.00000242. The van der Waals surface area contributed by atoms with Crippen molar-refractivity contribution in [2.45, 2.75) is 18.8 Å². The summed E-state index contributed by atoms with van der Waals surface area (Å²) >= 11 is 0. The van der Waals surface area contributed by atoms with Crippen LogP contribution in [0, 0.1) is 0 Å². The Bertz CT molecular complexity index is 601. The molecule has 1 aromatic heterocycles. The molecule has 2 aromatic rings. The lowest BCUT2D eigenvalue weighted by Gasteiger charge is -2.09. The SMILES string of the molecule is Cl.NC(CCO)c1ccc(-c2cccc(OC(F)(F)F)c2)o1. The highest BCUT2D eigenvalue weighted by atomic mass is 35.5. The van der Waals surface area contributed by atoms with E-state index in [1.54, 1.807) is 18.2 Å². The minimum absolute atomic E-state index is 0. The number of hydrogen-bond acceptors (Lipinski definition) is 4. The van der Waals surface area contributed by atoms with E-state index in [0.29, 0.717) is 23.5 Å². The molecule has 0 saturated carbocycles. The largest absolute Gasteiger partial charge is 0.573 e. The number of nitrogens with two attached hydrogens (primary N) is 1. The third kappa shape index (κ3) is 4.94. The maximum Gasteiger partial charge on any atom is 0.573 e. The molecule has 0 fully saturated rings. The summed E-state index contributed by atoms with van der Waals surface area (Å²) in [7, 11) is 0. The lowest BCUT2D eigenvalue weighted by atomic mass is 10.1. The van der Waals surface area contributed by atoms with Gasteiger partial charge in [0.2, 0.25) is 0 Å². The number of rotatable bonds is 5. The van der Waals surface area contributed by atoms with Gasteiger partial charge >= 0.3 is 6.36 Å². The van der Waals surface area contributed by atoms with Gasteiger partial charge in [0.05, 0.1) is 6.04 Å². The predicted molar refractivity (Wildman–Crippen MR) is 76.7 cm³/mol. The van der Waals surface area contributed by atoms with Gasteiger partial charge < -0.3 is 20.0 Å². The van der Waals surface area contributed by atoms with Crippen molar-refractivity contribution in [3.05, 3.63) is 42.2 Å². The van der Waals surface area contributed by atoms with Gasteiger partial charge in [0.1, 0.15) is 17.3 Å². The first-order valence-corrected chi connectivity index (χ1v) is 6.21. The Morgan fingerprint density at radius 2 is 1.95 bits per heavy atom. The van der Waals surface area contributed by atoms with Crippen molar-refractivity contribution in [1.82, 2.24) is 0 Å². The number of ether oxygens (including phenoxy) is 1. The Hall–Kier alpha value is -1.70. The van der Waals surface area contributed by atoms with E-state index in [2.05, 4.69) is 4.74 Å². The number of hydrogen-bond donors (Lipinski definition) is 2. The summed E-state index contributed by atoms with van der Waals surface area (Å²) in [6, 6.07) is 8.26. The summed E-state index contributed by atoms with van der Waals surface area (Å²) in [5, 5.41) is 8.82. The summed E-state index contributed by atoms with van der Waals surface area (Å²) in [5.41, 5.74) is 6.23. The molecule has 0 spiro atoms. The Kier molecular flexibility index (Phi) is 6.28. The van der Waals surface area contributed by atoms with Crippen LogP contribution in [0.25, 0.3) is 11.3 Å². The van der Waals surface area contributed by atoms with Crippen molar-refractivity contribution >= 4 is 12.4 Å². The van der Waals surface area contributed by atoms with Crippen molar-refractivity contribution in [3.8, 4) is 17.1 Å². The first-order valence-electron chi connectivity index (χ1n) is 6.21. The van der Waals surface area contributed by atoms with Gasteiger partial charge in [-0.2, -0.15) is 0 Å². The molecule has 8 heteroatoms. The van der Waals surface area contributed by atoms with Crippen molar-refractivity contribution < 1.29 is 27.4 Å². The van der Waals surface area contributed by atoms with Gasteiger partial charge in [0, 0.05) is 12.2 Å². The first kappa shape index (κ1) is 18.3. The van der Waals surface area contributed by atoms with Crippen LogP contribution in [0.4, 0.5) is 13.2 Å². The second-order valence-corrected chi connectivity index (χ2v) is 4.40. The normalized spacial score (nSPS) is 12.6. The highest BCUT2D eigenvalue weighted by Gasteiger charge is 2.31. The lowest BCUT2D eigenvalue weighted by Crippen LogP contribution is -2.17. The Morgan fingerprint density at radius 1 is 1.23 bits per heavy atom. The van der Waals surface area contributed by atoms with Crippen LogP contribution in [-0.2, 0) is 0 Å². The van der Waals surface area contributed by atoms with Gasteiger partial charge in [-0.05, 0) is 30.7 Å². The summed E-state index contributed by atoms with van der Waals surface area (Å²) in [6.07, 6.45) is -4.40. The summed E-state index contributed by atoms with van der Waals surface area (Å²) in [6.45, 7) is -0.0773. The van der Waals surface area contributed by atoms with Gasteiger partial charge in [-0.3, -0.25) is 0 Å². The number of halogens is 4. The van der Waals surface area contributed by atoms with E-state index < -0.39 is 12.4 Å². The average molecular weight is 338 g/mol. The highest BCUT2D eigenvalue weighted by molar-refractivity contribution is 5.85. The number of aliphatic hydroxyl groups is 1. The first-order chi connectivity index (χ1) is 9.89. The molecule has 0 aliphatic rings. The fraction of sp³-hybridized carbons (Fsp3) is 0.286. The molecule has 22 heavy (non-hydrogen) atoms. The highest BCUT2D eigenvalue weighted by Crippen LogP contribution is 2.30. The summed E-state index contributed by atoms with van der Waals surface area (Å²) < 4.78 is 45.9.